The lowest BCUT2D eigenvalue weighted by Crippen LogP contribution is -2.31. The Morgan fingerprint density at radius 2 is 1.74 bits per heavy atom. The number of hydrogen-bond acceptors (Lipinski definition) is 4. The molecule has 23 heavy (non-hydrogen) atoms. The van der Waals surface area contributed by atoms with Crippen LogP contribution in [0.3, 0.4) is 0 Å². The Kier molecular flexibility index (Phi) is 4.73. The van der Waals surface area contributed by atoms with Gasteiger partial charge in [-0.1, -0.05) is 48.2 Å². The minimum atomic E-state index is -0.128. The Morgan fingerprint density at radius 3 is 2.43 bits per heavy atom. The summed E-state index contributed by atoms with van der Waals surface area (Å²) in [5.74, 6) is -0.0110. The summed E-state index contributed by atoms with van der Waals surface area (Å²) < 4.78 is 0. The van der Waals surface area contributed by atoms with E-state index in [2.05, 4.69) is 10.3 Å². The monoisotopic (exact) mass is 325 g/mol. The van der Waals surface area contributed by atoms with Crippen LogP contribution in [0.1, 0.15) is 0 Å². The second-order valence-electron chi connectivity index (χ2n) is 4.87. The number of rotatable bonds is 4. The van der Waals surface area contributed by atoms with Crippen LogP contribution >= 0.6 is 11.8 Å². The largest absolute Gasteiger partial charge is 0.325 e. The maximum Gasteiger partial charge on any atom is 0.254 e. The highest BCUT2D eigenvalue weighted by Crippen LogP contribution is 2.23. The molecule has 1 heterocycles. The van der Waals surface area contributed by atoms with E-state index < -0.39 is 0 Å². The quantitative estimate of drug-likeness (QED) is 0.940. The predicted octanol–water partition coefficient (Wildman–Crippen LogP) is 2.76. The molecule has 116 valence electrons. The van der Waals surface area contributed by atoms with Gasteiger partial charge in [-0.05, 0) is 24.3 Å². The lowest BCUT2D eigenvalue weighted by Gasteiger charge is -2.17. The van der Waals surface area contributed by atoms with Crippen LogP contribution in [0.5, 0.6) is 0 Å². The second kappa shape index (κ2) is 7.11. The van der Waals surface area contributed by atoms with Gasteiger partial charge in [-0.25, -0.2) is 0 Å². The number of carbonyl (C=O) groups excluding carboxylic acids is 2. The molecule has 1 aliphatic rings. The fourth-order valence-corrected chi connectivity index (χ4v) is 3.00. The number of nitrogens with zero attached hydrogens (tertiary/aromatic N) is 2. The summed E-state index contributed by atoms with van der Waals surface area (Å²) in [7, 11) is 0. The van der Waals surface area contributed by atoms with E-state index in [4.69, 9.17) is 0 Å². The number of anilines is 2. The third-order valence-electron chi connectivity index (χ3n) is 3.19. The first-order valence-corrected chi connectivity index (χ1v) is 8.13. The molecule has 0 radical (unpaired) electrons. The first-order valence-electron chi connectivity index (χ1n) is 7.14. The molecule has 2 amide bonds. The third kappa shape index (κ3) is 3.78. The molecular formula is C17H15N3O2S. The Balaban J connectivity index is 1.61. The normalized spacial score (nSPS) is 13.8. The molecule has 0 bridgehead atoms. The van der Waals surface area contributed by atoms with Crippen molar-refractivity contribution in [2.45, 2.75) is 0 Å². The minimum absolute atomic E-state index is 0.0813. The van der Waals surface area contributed by atoms with Crippen LogP contribution in [0.2, 0.25) is 0 Å². The zero-order valence-corrected chi connectivity index (χ0v) is 13.1. The first-order chi connectivity index (χ1) is 11.2. The van der Waals surface area contributed by atoms with Gasteiger partial charge in [-0.3, -0.25) is 19.5 Å². The van der Waals surface area contributed by atoms with Crippen LogP contribution in [0.4, 0.5) is 11.4 Å². The second-order valence-corrected chi connectivity index (χ2v) is 5.81. The van der Waals surface area contributed by atoms with E-state index in [1.54, 1.807) is 4.90 Å². The van der Waals surface area contributed by atoms with E-state index in [0.717, 1.165) is 11.4 Å². The molecule has 0 saturated carbocycles. The van der Waals surface area contributed by atoms with Gasteiger partial charge >= 0.3 is 0 Å². The molecule has 0 unspecified atom stereocenters. The van der Waals surface area contributed by atoms with Crippen molar-refractivity contribution < 1.29 is 9.59 Å². The summed E-state index contributed by atoms with van der Waals surface area (Å²) >= 11 is 1.26. The van der Waals surface area contributed by atoms with Crippen molar-refractivity contribution in [1.82, 2.24) is 0 Å². The number of benzene rings is 2. The molecule has 2 aromatic rings. The van der Waals surface area contributed by atoms with Gasteiger partial charge in [-0.2, -0.15) is 0 Å². The molecule has 0 saturated heterocycles. The van der Waals surface area contributed by atoms with Crippen molar-refractivity contribution in [3.63, 3.8) is 0 Å². The van der Waals surface area contributed by atoms with Gasteiger partial charge in [0.1, 0.15) is 6.54 Å². The summed E-state index contributed by atoms with van der Waals surface area (Å²) in [4.78, 5) is 29.8. The van der Waals surface area contributed by atoms with Crippen molar-refractivity contribution in [2.75, 3.05) is 22.5 Å². The van der Waals surface area contributed by atoms with E-state index in [0.29, 0.717) is 5.17 Å². The highest BCUT2D eigenvalue weighted by atomic mass is 32.2. The Bertz CT molecular complexity index is 732. The number of aliphatic imine (C=N–C) groups is 1. The van der Waals surface area contributed by atoms with Crippen LogP contribution in [-0.4, -0.2) is 29.3 Å². The highest BCUT2D eigenvalue weighted by Gasteiger charge is 2.27. The molecule has 1 aliphatic heterocycles. The first kappa shape index (κ1) is 15.3. The van der Waals surface area contributed by atoms with Gasteiger partial charge in [0.05, 0.1) is 11.4 Å². The van der Waals surface area contributed by atoms with E-state index in [1.807, 2.05) is 60.7 Å². The van der Waals surface area contributed by atoms with Crippen LogP contribution < -0.4 is 10.2 Å². The average molecular weight is 325 g/mol. The smallest absolute Gasteiger partial charge is 0.254 e. The maximum atomic E-state index is 12.0. The summed E-state index contributed by atoms with van der Waals surface area (Å²) in [6, 6.07) is 18.6. The number of carbonyl (C=O) groups is 2. The fraction of sp³-hybridized carbons (Fsp3) is 0.118. The lowest BCUT2D eigenvalue weighted by atomic mass is 10.3. The summed E-state index contributed by atoms with van der Waals surface area (Å²) in [6.07, 6.45) is 0. The molecule has 0 atom stereocenters. The number of thioether (sulfide) groups is 1. The van der Waals surface area contributed by atoms with Gasteiger partial charge in [0.15, 0.2) is 5.17 Å². The van der Waals surface area contributed by atoms with Crippen molar-refractivity contribution in [3.8, 4) is 0 Å². The fourth-order valence-electron chi connectivity index (χ4n) is 2.17. The number of para-hydroxylation sites is 2. The van der Waals surface area contributed by atoms with E-state index in [1.165, 1.54) is 11.8 Å². The molecule has 3 rings (SSSR count). The Morgan fingerprint density at radius 1 is 1.09 bits per heavy atom. The Hall–Kier alpha value is -2.60. The van der Waals surface area contributed by atoms with Crippen molar-refractivity contribution in [3.05, 3.63) is 60.7 Å². The summed E-state index contributed by atoms with van der Waals surface area (Å²) in [5, 5.41) is 3.37. The topological polar surface area (TPSA) is 61.8 Å². The van der Waals surface area contributed by atoms with E-state index >= 15 is 0 Å². The van der Waals surface area contributed by atoms with Gasteiger partial charge in [0.25, 0.3) is 5.91 Å². The standard InChI is InChI=1S/C17H15N3O2S/c21-15(19-13-7-3-1-4-8-13)12-23-17-18-11-16(22)20(17)14-9-5-2-6-10-14/h1-10H,11-12H2,(H,19,21). The molecular weight excluding hydrogens is 310 g/mol. The molecule has 0 spiro atoms. The molecule has 0 fully saturated rings. The van der Waals surface area contributed by atoms with Crippen LogP contribution in [-0.2, 0) is 9.59 Å². The summed E-state index contributed by atoms with van der Waals surface area (Å²) in [5.41, 5.74) is 1.52. The molecule has 2 aromatic carbocycles. The van der Waals surface area contributed by atoms with Gasteiger partial charge < -0.3 is 5.32 Å². The zero-order valence-electron chi connectivity index (χ0n) is 12.3. The third-order valence-corrected chi connectivity index (χ3v) is 4.17. The van der Waals surface area contributed by atoms with Crippen molar-refractivity contribution >= 4 is 40.1 Å². The van der Waals surface area contributed by atoms with Crippen LogP contribution in [0, 0.1) is 0 Å². The van der Waals surface area contributed by atoms with Gasteiger partial charge in [0.2, 0.25) is 5.91 Å². The predicted molar refractivity (Wildman–Crippen MR) is 93.8 cm³/mol. The average Bonchev–Trinajstić information content (AvgIpc) is 2.95. The molecule has 0 aliphatic carbocycles. The highest BCUT2D eigenvalue weighted by molar-refractivity contribution is 8.14. The van der Waals surface area contributed by atoms with Gasteiger partial charge in [0, 0.05) is 5.69 Å². The molecule has 5 nitrogen and oxygen atoms in total. The SMILES string of the molecule is O=C(CSC1=NCC(=O)N1c1ccccc1)Nc1ccccc1. The Labute approximate surface area is 138 Å². The van der Waals surface area contributed by atoms with Gasteiger partial charge in [-0.15, -0.1) is 0 Å². The van der Waals surface area contributed by atoms with E-state index in [9.17, 15) is 9.59 Å². The number of amides is 2. The van der Waals surface area contributed by atoms with Crippen LogP contribution in [0.25, 0.3) is 0 Å². The summed E-state index contributed by atoms with van der Waals surface area (Å²) in [6.45, 7) is 0.123. The number of hydrogen-bond donors (Lipinski definition) is 1. The molecule has 0 aromatic heterocycles. The zero-order chi connectivity index (χ0) is 16.1. The van der Waals surface area contributed by atoms with Crippen molar-refractivity contribution in [1.29, 1.82) is 0 Å². The number of amidine groups is 1. The van der Waals surface area contributed by atoms with Crippen LogP contribution in [0.15, 0.2) is 65.7 Å². The van der Waals surface area contributed by atoms with E-state index in [-0.39, 0.29) is 24.1 Å². The van der Waals surface area contributed by atoms with Crippen molar-refractivity contribution in [2.24, 2.45) is 4.99 Å². The molecule has 1 N–H and O–H groups in total. The lowest BCUT2D eigenvalue weighted by molar-refractivity contribution is -0.116. The molecule has 6 heteroatoms. The maximum absolute atomic E-state index is 12.0. The number of nitrogens with one attached hydrogen (secondary N) is 1. The minimum Gasteiger partial charge on any atom is -0.325 e.